The summed E-state index contributed by atoms with van der Waals surface area (Å²) in [6.07, 6.45) is 0. The van der Waals surface area contributed by atoms with Gasteiger partial charge < -0.3 is 11.5 Å². The van der Waals surface area contributed by atoms with Crippen LogP contribution in [0.25, 0.3) is 16.1 Å². The van der Waals surface area contributed by atoms with E-state index >= 15 is 0 Å². The largest absolute Gasteiger partial charge is 0.399 e. The predicted molar refractivity (Wildman–Crippen MR) is 81.5 cm³/mol. The second-order valence-electron chi connectivity index (χ2n) is 4.69. The molecule has 0 aliphatic heterocycles. The summed E-state index contributed by atoms with van der Waals surface area (Å²) in [5, 5.41) is 0.727. The first-order chi connectivity index (χ1) is 8.49. The zero-order valence-electron chi connectivity index (χ0n) is 10.7. The van der Waals surface area contributed by atoms with E-state index in [1.165, 1.54) is 11.1 Å². The normalized spacial score (nSPS) is 10.8. The number of hydrogen-bond donors (Lipinski definition) is 2. The maximum atomic E-state index is 5.94. The van der Waals surface area contributed by atoms with Crippen molar-refractivity contribution < 1.29 is 0 Å². The van der Waals surface area contributed by atoms with E-state index in [9.17, 15) is 0 Å². The molecule has 1 aromatic heterocycles. The maximum absolute atomic E-state index is 5.94. The van der Waals surface area contributed by atoms with Gasteiger partial charge in [-0.05, 0) is 23.1 Å². The Morgan fingerprint density at radius 2 is 1.83 bits per heavy atom. The van der Waals surface area contributed by atoms with Gasteiger partial charge in [0.05, 0.1) is 5.00 Å². The molecule has 3 heteroatoms. The van der Waals surface area contributed by atoms with Crippen molar-refractivity contribution in [2.45, 2.75) is 19.8 Å². The van der Waals surface area contributed by atoms with Gasteiger partial charge in [0.25, 0.3) is 0 Å². The molecular weight excluding hydrogens is 240 g/mol. The van der Waals surface area contributed by atoms with Crippen molar-refractivity contribution in [1.82, 2.24) is 0 Å². The third-order valence-electron chi connectivity index (χ3n) is 2.97. The van der Waals surface area contributed by atoms with Crippen LogP contribution in [0.1, 0.15) is 30.9 Å². The van der Waals surface area contributed by atoms with E-state index < -0.39 is 0 Å². The third-order valence-corrected chi connectivity index (χ3v) is 3.98. The number of rotatable bonds is 3. The van der Waals surface area contributed by atoms with E-state index in [0.29, 0.717) is 11.6 Å². The Kier molecular flexibility index (Phi) is 3.43. The lowest BCUT2D eigenvalue weighted by molar-refractivity contribution is 0.867. The highest BCUT2D eigenvalue weighted by atomic mass is 32.1. The standard InChI is InChI=1S/C15H18N2S/c1-9(2)11-4-6-12(7-5-11)14-8-13(10(3)16)15(17)18-14/h4-9H,3,16-17H2,1-2H3. The number of nitrogen functional groups attached to an aromatic ring is 1. The van der Waals surface area contributed by atoms with Crippen molar-refractivity contribution in [3.8, 4) is 10.4 Å². The number of benzene rings is 1. The van der Waals surface area contributed by atoms with Crippen molar-refractivity contribution in [1.29, 1.82) is 0 Å². The SMILES string of the molecule is C=C(N)c1cc(-c2ccc(C(C)C)cc2)sc1N. The van der Waals surface area contributed by atoms with Crippen LogP contribution in [0.2, 0.25) is 0 Å². The van der Waals surface area contributed by atoms with Crippen molar-refractivity contribution in [3.63, 3.8) is 0 Å². The fourth-order valence-corrected chi connectivity index (χ4v) is 2.80. The molecule has 1 aromatic carbocycles. The van der Waals surface area contributed by atoms with Crippen LogP contribution in [0.4, 0.5) is 5.00 Å². The maximum Gasteiger partial charge on any atom is 0.0957 e. The molecule has 0 unspecified atom stereocenters. The molecule has 18 heavy (non-hydrogen) atoms. The summed E-state index contributed by atoms with van der Waals surface area (Å²) >= 11 is 1.55. The van der Waals surface area contributed by atoms with Crippen LogP contribution in [-0.4, -0.2) is 0 Å². The predicted octanol–water partition coefficient (Wildman–Crippen LogP) is 4.05. The number of hydrogen-bond acceptors (Lipinski definition) is 3. The molecule has 0 bridgehead atoms. The molecule has 2 aromatic rings. The molecule has 1 heterocycles. The summed E-state index contributed by atoms with van der Waals surface area (Å²) < 4.78 is 0. The molecule has 0 saturated carbocycles. The molecule has 0 atom stereocenters. The first-order valence-electron chi connectivity index (χ1n) is 5.93. The van der Waals surface area contributed by atoms with E-state index in [2.05, 4.69) is 44.7 Å². The highest BCUT2D eigenvalue weighted by Gasteiger charge is 2.09. The van der Waals surface area contributed by atoms with Gasteiger partial charge in [-0.1, -0.05) is 44.7 Å². The van der Waals surface area contributed by atoms with Crippen molar-refractivity contribution in [3.05, 3.63) is 48.0 Å². The van der Waals surface area contributed by atoms with Gasteiger partial charge in [0, 0.05) is 16.1 Å². The molecule has 0 aliphatic rings. The lowest BCUT2D eigenvalue weighted by Crippen LogP contribution is -1.94. The number of thiophene rings is 1. The zero-order chi connectivity index (χ0) is 13.3. The molecule has 0 radical (unpaired) electrons. The molecule has 94 valence electrons. The van der Waals surface area contributed by atoms with Gasteiger partial charge in [-0.2, -0.15) is 0 Å². The van der Waals surface area contributed by atoms with Gasteiger partial charge in [-0.3, -0.25) is 0 Å². The fraction of sp³-hybridized carbons (Fsp3) is 0.200. The van der Waals surface area contributed by atoms with Gasteiger partial charge in [0.2, 0.25) is 0 Å². The lowest BCUT2D eigenvalue weighted by Gasteiger charge is -2.05. The Morgan fingerprint density at radius 1 is 1.22 bits per heavy atom. The summed E-state index contributed by atoms with van der Waals surface area (Å²) in [6.45, 7) is 8.11. The minimum Gasteiger partial charge on any atom is -0.399 e. The second kappa shape index (κ2) is 4.86. The number of nitrogens with two attached hydrogens (primary N) is 2. The van der Waals surface area contributed by atoms with Crippen LogP contribution < -0.4 is 11.5 Å². The van der Waals surface area contributed by atoms with Crippen molar-refractivity contribution >= 4 is 22.0 Å². The van der Waals surface area contributed by atoms with Crippen LogP contribution in [-0.2, 0) is 0 Å². The monoisotopic (exact) mass is 258 g/mol. The minimum absolute atomic E-state index is 0.522. The van der Waals surface area contributed by atoms with E-state index in [1.54, 1.807) is 11.3 Å². The fourth-order valence-electron chi connectivity index (χ4n) is 1.83. The molecule has 0 saturated heterocycles. The van der Waals surface area contributed by atoms with Crippen LogP contribution >= 0.6 is 11.3 Å². The van der Waals surface area contributed by atoms with Gasteiger partial charge in [0.1, 0.15) is 0 Å². The average molecular weight is 258 g/mol. The number of anilines is 1. The van der Waals surface area contributed by atoms with Gasteiger partial charge >= 0.3 is 0 Å². The van der Waals surface area contributed by atoms with Gasteiger partial charge in [0.15, 0.2) is 0 Å². The molecule has 0 fully saturated rings. The van der Waals surface area contributed by atoms with Crippen LogP contribution in [0.15, 0.2) is 36.9 Å². The zero-order valence-corrected chi connectivity index (χ0v) is 11.6. The van der Waals surface area contributed by atoms with Gasteiger partial charge in [-0.15, -0.1) is 11.3 Å². The van der Waals surface area contributed by atoms with E-state index in [0.717, 1.165) is 15.4 Å². The summed E-state index contributed by atoms with van der Waals surface area (Å²) in [5.41, 5.74) is 15.5. The Hall–Kier alpha value is -1.74. The van der Waals surface area contributed by atoms with Gasteiger partial charge in [-0.25, -0.2) is 0 Å². The minimum atomic E-state index is 0.522. The smallest absolute Gasteiger partial charge is 0.0957 e. The van der Waals surface area contributed by atoms with Crippen LogP contribution in [0.5, 0.6) is 0 Å². The highest BCUT2D eigenvalue weighted by Crippen LogP contribution is 2.35. The van der Waals surface area contributed by atoms with E-state index in [1.807, 2.05) is 6.07 Å². The topological polar surface area (TPSA) is 52.0 Å². The molecule has 4 N–H and O–H groups in total. The summed E-state index contributed by atoms with van der Waals surface area (Å²) in [5.74, 6) is 0.548. The molecule has 0 aliphatic carbocycles. The highest BCUT2D eigenvalue weighted by molar-refractivity contribution is 7.19. The lowest BCUT2D eigenvalue weighted by atomic mass is 10.0. The molecule has 2 nitrogen and oxygen atoms in total. The summed E-state index contributed by atoms with van der Waals surface area (Å²) in [7, 11) is 0. The third kappa shape index (κ3) is 2.41. The average Bonchev–Trinajstić information content (AvgIpc) is 2.71. The van der Waals surface area contributed by atoms with Crippen molar-refractivity contribution in [2.24, 2.45) is 5.73 Å². The molecule has 0 spiro atoms. The Bertz CT molecular complexity index is 565. The Morgan fingerprint density at radius 3 is 2.28 bits per heavy atom. The Labute approximate surface area is 112 Å². The van der Waals surface area contributed by atoms with E-state index in [4.69, 9.17) is 11.5 Å². The first kappa shape index (κ1) is 12.7. The molecule has 2 rings (SSSR count). The molecule has 0 amide bonds. The van der Waals surface area contributed by atoms with Crippen molar-refractivity contribution in [2.75, 3.05) is 5.73 Å². The Balaban J connectivity index is 2.37. The summed E-state index contributed by atoms with van der Waals surface area (Å²) in [6, 6.07) is 10.6. The summed E-state index contributed by atoms with van der Waals surface area (Å²) in [4.78, 5) is 1.13. The quantitative estimate of drug-likeness (QED) is 0.872. The first-order valence-corrected chi connectivity index (χ1v) is 6.75. The molecular formula is C15H18N2S. The second-order valence-corrected chi connectivity index (χ2v) is 5.77. The van der Waals surface area contributed by atoms with E-state index in [-0.39, 0.29) is 0 Å². The van der Waals surface area contributed by atoms with Crippen LogP contribution in [0, 0.1) is 0 Å². The van der Waals surface area contributed by atoms with Crippen LogP contribution in [0.3, 0.4) is 0 Å².